The topological polar surface area (TPSA) is 33.1 Å². The van der Waals surface area contributed by atoms with Gasteiger partial charge in [-0.2, -0.15) is 0 Å². The van der Waals surface area contributed by atoms with Gasteiger partial charge in [-0.1, -0.05) is 54.6 Å². The van der Waals surface area contributed by atoms with E-state index < -0.39 is 5.60 Å². The average molecular weight is 273 g/mol. The minimum absolute atomic E-state index is 0.553. The maximum atomic E-state index is 11.4. The highest BCUT2D eigenvalue weighted by atomic mass is 16.3. The largest absolute Gasteiger partial charge is 0.378 e. The molecule has 4 rings (SSSR count). The maximum absolute atomic E-state index is 11.4. The molecule has 1 unspecified atom stereocenters. The zero-order valence-electron chi connectivity index (χ0n) is 11.5. The fraction of sp³-hybridized carbons (Fsp3) is 0.105. The Morgan fingerprint density at radius 1 is 0.810 bits per heavy atom. The van der Waals surface area contributed by atoms with Gasteiger partial charge in [0.1, 0.15) is 5.60 Å². The van der Waals surface area contributed by atoms with Crippen molar-refractivity contribution in [1.29, 1.82) is 0 Å². The monoisotopic (exact) mass is 273 g/mol. The van der Waals surface area contributed by atoms with E-state index >= 15 is 0 Å². The predicted molar refractivity (Wildman–Crippen MR) is 82.8 cm³/mol. The van der Waals surface area contributed by atoms with Crippen molar-refractivity contribution in [3.8, 4) is 11.1 Å². The van der Waals surface area contributed by atoms with Crippen LogP contribution in [-0.4, -0.2) is 10.1 Å². The Morgan fingerprint density at radius 3 is 2.33 bits per heavy atom. The quantitative estimate of drug-likeness (QED) is 0.735. The molecule has 0 saturated carbocycles. The van der Waals surface area contributed by atoms with Crippen molar-refractivity contribution in [3.63, 3.8) is 0 Å². The molecule has 2 heteroatoms. The van der Waals surface area contributed by atoms with Gasteiger partial charge in [-0.05, 0) is 34.4 Å². The van der Waals surface area contributed by atoms with E-state index in [9.17, 15) is 5.11 Å². The third-order valence-corrected chi connectivity index (χ3v) is 4.22. The van der Waals surface area contributed by atoms with Crippen molar-refractivity contribution in [3.05, 3.63) is 89.7 Å². The first-order valence-electron chi connectivity index (χ1n) is 7.11. The molecule has 1 atom stereocenters. The van der Waals surface area contributed by atoms with Gasteiger partial charge in [0.15, 0.2) is 0 Å². The molecule has 0 aliphatic heterocycles. The highest BCUT2D eigenvalue weighted by Crippen LogP contribution is 2.44. The van der Waals surface area contributed by atoms with Crippen LogP contribution in [0.5, 0.6) is 0 Å². The Morgan fingerprint density at radius 2 is 1.52 bits per heavy atom. The number of hydrogen-bond donors (Lipinski definition) is 1. The van der Waals surface area contributed by atoms with Crippen molar-refractivity contribution < 1.29 is 5.11 Å². The van der Waals surface area contributed by atoms with Crippen molar-refractivity contribution in [2.24, 2.45) is 0 Å². The Hall–Kier alpha value is -2.45. The molecule has 2 aromatic carbocycles. The molecule has 0 amide bonds. The summed E-state index contributed by atoms with van der Waals surface area (Å²) in [6, 6.07) is 22.0. The zero-order valence-corrected chi connectivity index (χ0v) is 11.5. The van der Waals surface area contributed by atoms with Gasteiger partial charge in [-0.3, -0.25) is 4.98 Å². The minimum Gasteiger partial charge on any atom is -0.378 e. The van der Waals surface area contributed by atoms with Crippen molar-refractivity contribution in [2.75, 3.05) is 0 Å². The summed E-state index contributed by atoms with van der Waals surface area (Å²) in [6.07, 6.45) is 2.29. The Labute approximate surface area is 123 Å². The molecule has 1 aromatic heterocycles. The number of nitrogens with zero attached hydrogens (tertiary/aromatic N) is 1. The van der Waals surface area contributed by atoms with E-state index in [0.29, 0.717) is 12.1 Å². The second-order valence-electron chi connectivity index (χ2n) is 5.45. The lowest BCUT2D eigenvalue weighted by Crippen LogP contribution is -2.34. The summed E-state index contributed by atoms with van der Waals surface area (Å²) < 4.78 is 0. The molecule has 0 saturated heterocycles. The molecular formula is C19H15NO. The van der Waals surface area contributed by atoms with Crippen LogP contribution in [0.2, 0.25) is 0 Å². The molecule has 1 heterocycles. The maximum Gasteiger partial charge on any atom is 0.136 e. The Kier molecular flexibility index (Phi) is 2.66. The second-order valence-corrected chi connectivity index (χ2v) is 5.45. The summed E-state index contributed by atoms with van der Waals surface area (Å²) in [4.78, 5) is 4.40. The third kappa shape index (κ3) is 1.80. The number of aromatic nitrogens is 1. The molecule has 1 aliphatic rings. The van der Waals surface area contributed by atoms with E-state index in [1.165, 1.54) is 5.56 Å². The third-order valence-electron chi connectivity index (χ3n) is 4.22. The molecule has 0 bridgehead atoms. The summed E-state index contributed by atoms with van der Waals surface area (Å²) in [6.45, 7) is 0. The fourth-order valence-electron chi connectivity index (χ4n) is 3.22. The van der Waals surface area contributed by atoms with Gasteiger partial charge >= 0.3 is 0 Å². The molecule has 21 heavy (non-hydrogen) atoms. The summed E-state index contributed by atoms with van der Waals surface area (Å²) >= 11 is 0. The van der Waals surface area contributed by atoms with Gasteiger partial charge in [0.25, 0.3) is 0 Å². The SMILES string of the molecule is OC1(c2ccccn2)Cc2ccccc2-c2ccccc21. The van der Waals surface area contributed by atoms with Gasteiger partial charge < -0.3 is 5.11 Å². The number of aliphatic hydroxyl groups is 1. The van der Waals surface area contributed by atoms with Crippen molar-refractivity contribution >= 4 is 0 Å². The number of hydrogen-bond acceptors (Lipinski definition) is 2. The molecular weight excluding hydrogens is 258 g/mol. The second kappa shape index (κ2) is 4.54. The first-order chi connectivity index (χ1) is 10.3. The van der Waals surface area contributed by atoms with Crippen LogP contribution >= 0.6 is 0 Å². The normalized spacial score (nSPS) is 19.7. The molecule has 0 fully saturated rings. The van der Waals surface area contributed by atoms with Crippen LogP contribution in [0.4, 0.5) is 0 Å². The molecule has 3 aromatic rings. The zero-order chi connectivity index (χ0) is 14.3. The van der Waals surface area contributed by atoms with Gasteiger partial charge in [-0.25, -0.2) is 0 Å². The lowest BCUT2D eigenvalue weighted by atomic mass is 9.74. The Balaban J connectivity index is 2.01. The molecule has 2 nitrogen and oxygen atoms in total. The first-order valence-corrected chi connectivity index (χ1v) is 7.11. The molecule has 102 valence electrons. The van der Waals surface area contributed by atoms with Gasteiger partial charge in [0, 0.05) is 12.6 Å². The number of benzene rings is 2. The summed E-state index contributed by atoms with van der Waals surface area (Å²) in [5.74, 6) is 0. The van der Waals surface area contributed by atoms with E-state index in [1.54, 1.807) is 6.20 Å². The van der Waals surface area contributed by atoms with E-state index in [2.05, 4.69) is 23.2 Å². The highest BCUT2D eigenvalue weighted by molar-refractivity contribution is 5.75. The van der Waals surface area contributed by atoms with Crippen molar-refractivity contribution in [1.82, 2.24) is 4.98 Å². The van der Waals surface area contributed by atoms with Crippen LogP contribution in [0.1, 0.15) is 16.8 Å². The summed E-state index contributed by atoms with van der Waals surface area (Å²) in [5, 5.41) is 11.4. The summed E-state index contributed by atoms with van der Waals surface area (Å²) in [7, 11) is 0. The molecule has 0 radical (unpaired) electrons. The van der Waals surface area contributed by atoms with Gasteiger partial charge in [0.05, 0.1) is 5.69 Å². The number of pyridine rings is 1. The average Bonchev–Trinajstić information content (AvgIpc) is 2.56. The van der Waals surface area contributed by atoms with Crippen LogP contribution in [0.3, 0.4) is 0 Å². The van der Waals surface area contributed by atoms with E-state index in [1.807, 2.05) is 48.5 Å². The van der Waals surface area contributed by atoms with E-state index in [-0.39, 0.29) is 0 Å². The molecule has 1 N–H and O–H groups in total. The van der Waals surface area contributed by atoms with Gasteiger partial charge in [-0.15, -0.1) is 0 Å². The fourth-order valence-corrected chi connectivity index (χ4v) is 3.22. The van der Waals surface area contributed by atoms with Crippen molar-refractivity contribution in [2.45, 2.75) is 12.0 Å². The lowest BCUT2D eigenvalue weighted by molar-refractivity contribution is 0.0754. The van der Waals surface area contributed by atoms with Crippen LogP contribution in [0.25, 0.3) is 11.1 Å². The molecule has 1 aliphatic carbocycles. The van der Waals surface area contributed by atoms with Crippen LogP contribution in [0, 0.1) is 0 Å². The number of fused-ring (bicyclic) bond motifs is 3. The predicted octanol–water partition coefficient (Wildman–Crippen LogP) is 3.54. The first kappa shape index (κ1) is 12.3. The number of rotatable bonds is 1. The van der Waals surface area contributed by atoms with E-state index in [0.717, 1.165) is 16.7 Å². The lowest BCUT2D eigenvalue weighted by Gasteiger charge is -2.35. The Bertz CT molecular complexity index is 797. The smallest absolute Gasteiger partial charge is 0.136 e. The van der Waals surface area contributed by atoms with Crippen LogP contribution in [-0.2, 0) is 12.0 Å². The van der Waals surface area contributed by atoms with Crippen LogP contribution < -0.4 is 0 Å². The minimum atomic E-state index is -1.06. The molecule has 0 spiro atoms. The standard InChI is InChI=1S/C19H15NO/c21-19(18-11-5-6-12-20-18)13-14-7-1-2-8-15(14)16-9-3-4-10-17(16)19/h1-12,21H,13H2. The van der Waals surface area contributed by atoms with Gasteiger partial charge in [0.2, 0.25) is 0 Å². The summed E-state index contributed by atoms with van der Waals surface area (Å²) in [5.41, 5.74) is 4.02. The highest BCUT2D eigenvalue weighted by Gasteiger charge is 2.39. The van der Waals surface area contributed by atoms with Crippen LogP contribution in [0.15, 0.2) is 72.9 Å². The van der Waals surface area contributed by atoms with E-state index in [4.69, 9.17) is 0 Å².